The van der Waals surface area contributed by atoms with Gasteiger partial charge in [0.25, 0.3) is 5.56 Å². The molecule has 0 saturated heterocycles. The molecule has 0 aliphatic carbocycles. The molecule has 0 saturated carbocycles. The van der Waals surface area contributed by atoms with E-state index >= 15 is 0 Å². The van der Waals surface area contributed by atoms with E-state index in [1.807, 2.05) is 0 Å². The fourth-order valence-corrected chi connectivity index (χ4v) is 1.59. The van der Waals surface area contributed by atoms with Crippen LogP contribution >= 0.6 is 0 Å². The van der Waals surface area contributed by atoms with Gasteiger partial charge < -0.3 is 0 Å². The number of aromatic amines is 1. The van der Waals surface area contributed by atoms with Crippen LogP contribution in [0.3, 0.4) is 0 Å². The van der Waals surface area contributed by atoms with E-state index in [9.17, 15) is 18.0 Å². The molecule has 1 N–H and O–H groups in total. The van der Waals surface area contributed by atoms with Gasteiger partial charge in [0.05, 0.1) is 5.69 Å². The third kappa shape index (κ3) is 2.44. The van der Waals surface area contributed by atoms with Crippen LogP contribution in [-0.2, 0) is 6.18 Å². The maximum atomic E-state index is 12.7. The number of nitrogens with one attached hydrogen (secondary N) is 1. The van der Waals surface area contributed by atoms with Crippen molar-refractivity contribution < 1.29 is 13.2 Å². The fraction of sp³-hybridized carbons (Fsp3) is 0.0909. The van der Waals surface area contributed by atoms with Crippen LogP contribution in [-0.4, -0.2) is 18.0 Å². The van der Waals surface area contributed by atoms with E-state index in [1.54, 1.807) is 0 Å². The standard InChI is InChI=1S/C11H8BF3N2O/c12-8-2-1-6(5-7(8)11(13,14)15)9-3-4-10(18)17-16-9/h1-5H,12H2,(H,17,18). The molecule has 0 unspecified atom stereocenters. The van der Waals surface area contributed by atoms with Crippen molar-refractivity contribution in [3.63, 3.8) is 0 Å². The topological polar surface area (TPSA) is 45.8 Å². The lowest BCUT2D eigenvalue weighted by Crippen LogP contribution is -2.19. The van der Waals surface area contributed by atoms with Crippen LogP contribution in [0.2, 0.25) is 0 Å². The Bertz CT molecular complexity index is 616. The van der Waals surface area contributed by atoms with Crippen LogP contribution in [0.25, 0.3) is 11.3 Å². The quantitative estimate of drug-likeness (QED) is 0.760. The van der Waals surface area contributed by atoms with Gasteiger partial charge in [-0.25, -0.2) is 5.10 Å². The van der Waals surface area contributed by atoms with Crippen molar-refractivity contribution >= 4 is 13.3 Å². The number of aromatic nitrogens is 2. The SMILES string of the molecule is Bc1ccc(-c2ccc(=O)[nH]n2)cc1C(F)(F)F. The minimum atomic E-state index is -4.40. The van der Waals surface area contributed by atoms with Gasteiger partial charge in [0, 0.05) is 17.2 Å². The van der Waals surface area contributed by atoms with Crippen LogP contribution in [0.1, 0.15) is 5.56 Å². The number of nitrogens with zero attached hydrogens (tertiary/aromatic N) is 1. The normalized spacial score (nSPS) is 11.5. The second-order valence-corrected chi connectivity index (χ2v) is 3.83. The lowest BCUT2D eigenvalue weighted by Gasteiger charge is -2.11. The molecule has 0 amide bonds. The average molecular weight is 252 g/mol. The first-order valence-electron chi connectivity index (χ1n) is 5.12. The second kappa shape index (κ2) is 4.32. The number of alkyl halides is 3. The highest BCUT2D eigenvalue weighted by Crippen LogP contribution is 2.30. The van der Waals surface area contributed by atoms with E-state index in [4.69, 9.17) is 0 Å². The number of hydrogen-bond donors (Lipinski definition) is 1. The van der Waals surface area contributed by atoms with E-state index in [2.05, 4.69) is 10.2 Å². The Hall–Kier alpha value is -2.05. The summed E-state index contributed by atoms with van der Waals surface area (Å²) in [7, 11) is 1.40. The smallest absolute Gasteiger partial charge is 0.268 e. The van der Waals surface area contributed by atoms with Gasteiger partial charge in [-0.05, 0) is 12.1 Å². The molecule has 0 radical (unpaired) electrons. The number of H-pyrrole nitrogens is 1. The molecule has 3 nitrogen and oxygen atoms in total. The predicted octanol–water partition coefficient (Wildman–Crippen LogP) is 0.714. The van der Waals surface area contributed by atoms with Crippen molar-refractivity contribution in [1.29, 1.82) is 0 Å². The van der Waals surface area contributed by atoms with Crippen LogP contribution < -0.4 is 11.0 Å². The van der Waals surface area contributed by atoms with Crippen LogP contribution in [0.4, 0.5) is 13.2 Å². The summed E-state index contributed by atoms with van der Waals surface area (Å²) in [6.45, 7) is 0. The van der Waals surface area contributed by atoms with Crippen molar-refractivity contribution in [3.05, 3.63) is 46.2 Å². The van der Waals surface area contributed by atoms with Gasteiger partial charge in [0.1, 0.15) is 7.85 Å². The Kier molecular flexibility index (Phi) is 2.98. The van der Waals surface area contributed by atoms with E-state index in [0.717, 1.165) is 6.07 Å². The molecule has 18 heavy (non-hydrogen) atoms. The van der Waals surface area contributed by atoms with Gasteiger partial charge in [-0.1, -0.05) is 17.6 Å². The summed E-state index contributed by atoms with van der Waals surface area (Å²) in [4.78, 5) is 10.8. The number of halogens is 3. The molecule has 0 aliphatic heterocycles. The summed E-state index contributed by atoms with van der Waals surface area (Å²) in [6, 6.07) is 6.53. The molecular formula is C11H8BF3N2O. The number of benzene rings is 1. The molecule has 1 aromatic heterocycles. The summed E-state index contributed by atoms with van der Waals surface area (Å²) in [5, 5.41) is 5.88. The summed E-state index contributed by atoms with van der Waals surface area (Å²) in [6.07, 6.45) is -4.40. The van der Waals surface area contributed by atoms with Gasteiger partial charge in [-0.15, -0.1) is 0 Å². The first-order chi connectivity index (χ1) is 8.38. The largest absolute Gasteiger partial charge is 0.415 e. The van der Waals surface area contributed by atoms with Crippen LogP contribution in [0.15, 0.2) is 35.1 Å². The van der Waals surface area contributed by atoms with Gasteiger partial charge in [-0.3, -0.25) is 4.79 Å². The van der Waals surface area contributed by atoms with Gasteiger partial charge >= 0.3 is 6.18 Å². The zero-order valence-electron chi connectivity index (χ0n) is 9.38. The van der Waals surface area contributed by atoms with Crippen LogP contribution in [0, 0.1) is 0 Å². The van der Waals surface area contributed by atoms with Crippen molar-refractivity contribution in [2.45, 2.75) is 6.18 Å². The zero-order valence-corrected chi connectivity index (χ0v) is 9.38. The minimum absolute atomic E-state index is 0.149. The molecule has 0 aliphatic rings. The van der Waals surface area contributed by atoms with Gasteiger partial charge in [0.15, 0.2) is 0 Å². The molecule has 0 atom stereocenters. The van der Waals surface area contributed by atoms with Crippen molar-refractivity contribution in [1.82, 2.24) is 10.2 Å². The molecule has 0 fully saturated rings. The highest BCUT2D eigenvalue weighted by molar-refractivity contribution is 6.33. The van der Waals surface area contributed by atoms with Crippen LogP contribution in [0.5, 0.6) is 0 Å². The van der Waals surface area contributed by atoms with Crippen molar-refractivity contribution in [3.8, 4) is 11.3 Å². The summed E-state index contributed by atoms with van der Waals surface area (Å²) in [5.41, 5.74) is -0.352. The Balaban J connectivity index is 2.54. The molecule has 1 heterocycles. The molecular weight excluding hydrogens is 244 g/mol. The Morgan fingerprint density at radius 3 is 2.44 bits per heavy atom. The van der Waals surface area contributed by atoms with Crippen molar-refractivity contribution in [2.24, 2.45) is 0 Å². The first-order valence-corrected chi connectivity index (χ1v) is 5.12. The molecule has 0 bridgehead atoms. The Morgan fingerprint density at radius 1 is 1.17 bits per heavy atom. The zero-order chi connectivity index (χ0) is 13.3. The molecule has 1 aromatic carbocycles. The van der Waals surface area contributed by atoms with Gasteiger partial charge in [-0.2, -0.15) is 18.3 Å². The monoisotopic (exact) mass is 252 g/mol. The maximum Gasteiger partial charge on any atom is 0.415 e. The minimum Gasteiger partial charge on any atom is -0.268 e. The third-order valence-corrected chi connectivity index (χ3v) is 2.52. The fourth-order valence-electron chi connectivity index (χ4n) is 1.59. The lowest BCUT2D eigenvalue weighted by atomic mass is 9.88. The Morgan fingerprint density at radius 2 is 1.89 bits per heavy atom. The van der Waals surface area contributed by atoms with Crippen molar-refractivity contribution in [2.75, 3.05) is 0 Å². The molecule has 2 rings (SSSR count). The van der Waals surface area contributed by atoms with E-state index in [0.29, 0.717) is 11.3 Å². The highest BCUT2D eigenvalue weighted by atomic mass is 19.4. The number of rotatable bonds is 1. The molecule has 0 spiro atoms. The first kappa shape index (κ1) is 12.4. The Labute approximate surface area is 101 Å². The second-order valence-electron chi connectivity index (χ2n) is 3.83. The van der Waals surface area contributed by atoms with E-state index < -0.39 is 17.3 Å². The van der Waals surface area contributed by atoms with E-state index in [-0.39, 0.29) is 5.46 Å². The molecule has 2 aromatic rings. The maximum absolute atomic E-state index is 12.7. The average Bonchev–Trinajstić information content (AvgIpc) is 2.29. The third-order valence-electron chi connectivity index (χ3n) is 2.52. The number of hydrogen-bond acceptors (Lipinski definition) is 2. The van der Waals surface area contributed by atoms with E-state index in [1.165, 1.54) is 32.1 Å². The molecule has 7 heteroatoms. The predicted molar refractivity (Wildman–Crippen MR) is 63.5 cm³/mol. The summed E-state index contributed by atoms with van der Waals surface area (Å²) >= 11 is 0. The molecule has 92 valence electrons. The summed E-state index contributed by atoms with van der Waals surface area (Å²) < 4.78 is 38.2. The van der Waals surface area contributed by atoms with Gasteiger partial charge in [0.2, 0.25) is 0 Å². The summed E-state index contributed by atoms with van der Waals surface area (Å²) in [5.74, 6) is 0. The lowest BCUT2D eigenvalue weighted by molar-refractivity contribution is -0.136. The highest BCUT2D eigenvalue weighted by Gasteiger charge is 2.32.